The predicted molar refractivity (Wildman–Crippen MR) is 232 cm³/mol. The summed E-state index contributed by atoms with van der Waals surface area (Å²) in [7, 11) is 2.49. The maximum Gasteiger partial charge on any atom is 0.407 e. The van der Waals surface area contributed by atoms with E-state index < -0.39 is 36.0 Å². The summed E-state index contributed by atoms with van der Waals surface area (Å²) in [5.74, 6) is -0.628. The van der Waals surface area contributed by atoms with Gasteiger partial charge in [0.25, 0.3) is 5.91 Å². The summed E-state index contributed by atoms with van der Waals surface area (Å²) < 4.78 is 24.4. The van der Waals surface area contributed by atoms with Crippen LogP contribution in [0.25, 0.3) is 38.9 Å². The van der Waals surface area contributed by atoms with Gasteiger partial charge in [0.15, 0.2) is 0 Å². The van der Waals surface area contributed by atoms with Crippen molar-refractivity contribution < 1.29 is 33.0 Å². The Kier molecular flexibility index (Phi) is 12.1. The summed E-state index contributed by atoms with van der Waals surface area (Å²) in [6.07, 6.45) is 5.21. The first-order valence-electron chi connectivity index (χ1n) is 21.0. The Morgan fingerprint density at radius 3 is 2.15 bits per heavy atom. The van der Waals surface area contributed by atoms with Crippen LogP contribution in [0.2, 0.25) is 0 Å². The Balaban J connectivity index is 0.920. The standard InChI is InChI=1S/C47H51FN8O6/c1-27(2)40(53-46(59)61-3)44(57)55-21-7-11-38(55)43-50-26-37(52-43)33-20-19-31-23-30(17-18-32(31)24-33)28-13-15-29(16-14-28)36-25-49-42(51-36)39-12-8-22-56(39)45(58)41(54-47(60)62-4)34-9-5-6-10-35(34)48/h5-6,9-10,13-20,23-27,38-41,43,50,52H,7-8,11-12,21-22H2,1-4H3,(H,49,51)(H,53,59)(H,54,60)/t38-,39-,40-,41+,43?/m0/s1. The zero-order chi connectivity index (χ0) is 43.5. The third-order valence-electron chi connectivity index (χ3n) is 12.1. The van der Waals surface area contributed by atoms with Crippen LogP contribution in [0.3, 0.4) is 0 Å². The van der Waals surface area contributed by atoms with Gasteiger partial charge in [-0.05, 0) is 82.8 Å². The number of nitrogens with one attached hydrogen (secondary N) is 5. The molecule has 62 heavy (non-hydrogen) atoms. The molecule has 0 aliphatic carbocycles. The molecule has 0 saturated carbocycles. The zero-order valence-corrected chi connectivity index (χ0v) is 35.1. The molecule has 0 spiro atoms. The molecule has 1 aromatic heterocycles. The van der Waals surface area contributed by atoms with E-state index in [2.05, 4.69) is 79.8 Å². The van der Waals surface area contributed by atoms with Gasteiger partial charge in [0.1, 0.15) is 29.9 Å². The van der Waals surface area contributed by atoms with Crippen LogP contribution < -0.4 is 21.3 Å². The highest BCUT2D eigenvalue weighted by Gasteiger charge is 2.41. The summed E-state index contributed by atoms with van der Waals surface area (Å²) in [5.41, 5.74) is 5.88. The molecular weight excluding hydrogens is 792 g/mol. The van der Waals surface area contributed by atoms with Crippen LogP contribution in [0, 0.1) is 11.7 Å². The third-order valence-corrected chi connectivity index (χ3v) is 12.1. The number of nitrogens with zero attached hydrogens (tertiary/aromatic N) is 3. The van der Waals surface area contributed by atoms with Crippen LogP contribution in [-0.2, 0) is 19.1 Å². The lowest BCUT2D eigenvalue weighted by molar-refractivity contribution is -0.136. The second-order valence-electron chi connectivity index (χ2n) is 16.3. The number of methoxy groups -OCH3 is 2. The van der Waals surface area contributed by atoms with Crippen LogP contribution in [-0.4, -0.2) is 89.3 Å². The van der Waals surface area contributed by atoms with Gasteiger partial charge in [-0.1, -0.05) is 80.6 Å². The number of fused-ring (bicyclic) bond motifs is 1. The monoisotopic (exact) mass is 842 g/mol. The number of carbonyl (C=O) groups is 4. The number of alkyl carbamates (subject to hydrolysis) is 2. The minimum atomic E-state index is -1.26. The van der Waals surface area contributed by atoms with Gasteiger partial charge < -0.3 is 45.5 Å². The molecule has 1 unspecified atom stereocenters. The molecule has 0 bridgehead atoms. The van der Waals surface area contributed by atoms with Gasteiger partial charge in [0, 0.05) is 24.9 Å². The highest BCUT2D eigenvalue weighted by molar-refractivity contribution is 5.91. The average Bonchev–Trinajstić information content (AvgIpc) is 4.14. The normalized spacial score (nSPS) is 19.4. The number of aromatic amines is 1. The van der Waals surface area contributed by atoms with Crippen LogP contribution in [0.5, 0.6) is 0 Å². The number of H-pyrrole nitrogens is 1. The lowest BCUT2D eigenvalue weighted by Crippen LogP contribution is -2.57. The quantitative estimate of drug-likeness (QED) is 0.0942. The van der Waals surface area contributed by atoms with Crippen molar-refractivity contribution in [2.45, 2.75) is 69.9 Å². The molecule has 4 heterocycles. The van der Waals surface area contributed by atoms with E-state index in [4.69, 9.17) is 9.47 Å². The highest BCUT2D eigenvalue weighted by Crippen LogP contribution is 2.35. The molecular formula is C47H51FN8O6. The number of hydrogen-bond acceptors (Lipinski definition) is 9. The molecule has 2 saturated heterocycles. The number of carbonyl (C=O) groups excluding carboxylic acids is 4. The van der Waals surface area contributed by atoms with Gasteiger partial charge in [-0.3, -0.25) is 9.59 Å². The summed E-state index contributed by atoms with van der Waals surface area (Å²) >= 11 is 0. The maximum absolute atomic E-state index is 14.9. The lowest BCUT2D eigenvalue weighted by atomic mass is 9.98. The third kappa shape index (κ3) is 8.52. The van der Waals surface area contributed by atoms with Crippen molar-refractivity contribution in [2.75, 3.05) is 27.3 Å². The number of halogens is 1. The fraction of sp³-hybridized carbons (Fsp3) is 0.340. The average molecular weight is 843 g/mol. The van der Waals surface area contributed by atoms with E-state index in [-0.39, 0.29) is 35.6 Å². The van der Waals surface area contributed by atoms with Crippen molar-refractivity contribution in [3.63, 3.8) is 0 Å². The Hall–Kier alpha value is -6.90. The van der Waals surface area contributed by atoms with E-state index in [1.54, 1.807) is 17.2 Å². The molecule has 4 amide bonds. The van der Waals surface area contributed by atoms with Gasteiger partial charge in [-0.15, -0.1) is 0 Å². The van der Waals surface area contributed by atoms with E-state index in [9.17, 15) is 23.6 Å². The first-order valence-corrected chi connectivity index (χ1v) is 21.0. The fourth-order valence-corrected chi connectivity index (χ4v) is 8.82. The van der Waals surface area contributed by atoms with Gasteiger partial charge in [-0.25, -0.2) is 19.0 Å². The van der Waals surface area contributed by atoms with Gasteiger partial charge in [0.2, 0.25) is 5.91 Å². The maximum atomic E-state index is 14.9. The van der Waals surface area contributed by atoms with Crippen molar-refractivity contribution in [1.82, 2.24) is 41.0 Å². The molecule has 4 aromatic carbocycles. The summed E-state index contributed by atoms with van der Waals surface area (Å²) in [6, 6.07) is 24.5. The summed E-state index contributed by atoms with van der Waals surface area (Å²) in [4.78, 5) is 63.3. The topological polar surface area (TPSA) is 170 Å². The van der Waals surface area contributed by atoms with Crippen LogP contribution in [0.4, 0.5) is 14.0 Å². The number of amides is 4. The number of imidazole rings is 1. The van der Waals surface area contributed by atoms with Gasteiger partial charge in [0.05, 0.1) is 43.9 Å². The molecule has 3 aliphatic rings. The van der Waals surface area contributed by atoms with Gasteiger partial charge in [-0.2, -0.15) is 0 Å². The SMILES string of the molecule is COC(=O)N[C@H](C(=O)N1CCC[C@H]1C1NC=C(c2ccc3cc(-c4ccc(-c5cnc([C@@H]6CCCN6C(=O)[C@H](NC(=O)OC)c6ccccc6F)[nH]5)cc4)ccc3c2)N1)C(C)C. The molecule has 2 fully saturated rings. The minimum absolute atomic E-state index is 0.0622. The Labute approximate surface area is 359 Å². The number of hydrogen-bond donors (Lipinski definition) is 5. The molecule has 0 radical (unpaired) electrons. The molecule has 5 aromatic rings. The second kappa shape index (κ2) is 18.0. The summed E-state index contributed by atoms with van der Waals surface area (Å²) in [6.45, 7) is 4.88. The smallest absolute Gasteiger partial charge is 0.407 e. The van der Waals surface area contributed by atoms with Crippen molar-refractivity contribution in [1.29, 1.82) is 0 Å². The first kappa shape index (κ1) is 41.8. The molecule has 5 N–H and O–H groups in total. The van der Waals surface area contributed by atoms with Gasteiger partial charge >= 0.3 is 12.2 Å². The van der Waals surface area contributed by atoms with Crippen molar-refractivity contribution in [2.24, 2.45) is 5.92 Å². The Bertz CT molecular complexity index is 2510. The first-order chi connectivity index (χ1) is 30.0. The zero-order valence-electron chi connectivity index (χ0n) is 35.1. The largest absolute Gasteiger partial charge is 0.453 e. The molecule has 8 rings (SSSR count). The van der Waals surface area contributed by atoms with E-state index in [0.29, 0.717) is 25.3 Å². The number of benzene rings is 4. The van der Waals surface area contributed by atoms with Crippen LogP contribution >= 0.6 is 0 Å². The molecule has 322 valence electrons. The second-order valence-corrected chi connectivity index (χ2v) is 16.3. The molecule has 14 nitrogen and oxygen atoms in total. The van der Waals surface area contributed by atoms with E-state index in [0.717, 1.165) is 63.7 Å². The van der Waals surface area contributed by atoms with Crippen molar-refractivity contribution in [3.8, 4) is 22.4 Å². The fourth-order valence-electron chi connectivity index (χ4n) is 8.82. The van der Waals surface area contributed by atoms with E-state index in [1.807, 2.05) is 37.1 Å². The van der Waals surface area contributed by atoms with E-state index >= 15 is 0 Å². The predicted octanol–water partition coefficient (Wildman–Crippen LogP) is 6.99. The molecule has 5 atom stereocenters. The number of ether oxygens (including phenoxy) is 2. The molecule has 3 aliphatic heterocycles. The summed E-state index contributed by atoms with van der Waals surface area (Å²) in [5, 5.41) is 14.5. The van der Waals surface area contributed by atoms with Crippen LogP contribution in [0.15, 0.2) is 97.3 Å². The Morgan fingerprint density at radius 2 is 1.42 bits per heavy atom. The Morgan fingerprint density at radius 1 is 0.774 bits per heavy atom. The van der Waals surface area contributed by atoms with Crippen molar-refractivity contribution >= 4 is 40.5 Å². The van der Waals surface area contributed by atoms with E-state index in [1.165, 1.54) is 32.4 Å². The van der Waals surface area contributed by atoms with Crippen LogP contribution in [0.1, 0.15) is 68.6 Å². The molecule has 15 heteroatoms. The number of likely N-dealkylation sites (tertiary alicyclic amines) is 2. The highest BCUT2D eigenvalue weighted by atomic mass is 19.1. The number of aromatic nitrogens is 2. The number of rotatable bonds is 11. The minimum Gasteiger partial charge on any atom is -0.453 e. The lowest BCUT2D eigenvalue weighted by Gasteiger charge is -2.34. The van der Waals surface area contributed by atoms with Crippen molar-refractivity contribution in [3.05, 3.63) is 120 Å².